The Morgan fingerprint density at radius 1 is 1.48 bits per heavy atom. The minimum absolute atomic E-state index is 0.150. The molecule has 3 aliphatic rings. The number of hydroxylamine groups is 1. The van der Waals surface area contributed by atoms with Gasteiger partial charge in [0, 0.05) is 5.75 Å². The molecule has 0 radical (unpaired) electrons. The summed E-state index contributed by atoms with van der Waals surface area (Å²) in [6.45, 7) is 4.32. The highest BCUT2D eigenvalue weighted by atomic mass is 32.2. The van der Waals surface area contributed by atoms with Gasteiger partial charge in [-0.1, -0.05) is 24.4 Å². The van der Waals surface area contributed by atoms with Gasteiger partial charge >= 0.3 is 11.9 Å². The summed E-state index contributed by atoms with van der Waals surface area (Å²) in [7, 11) is 0. The van der Waals surface area contributed by atoms with Gasteiger partial charge in [0.2, 0.25) is 5.91 Å². The Morgan fingerprint density at radius 2 is 2.19 bits per heavy atom. The second kappa shape index (κ2) is 8.92. The van der Waals surface area contributed by atoms with E-state index in [1.54, 1.807) is 5.41 Å². The van der Waals surface area contributed by atoms with Gasteiger partial charge < -0.3 is 26.6 Å². The van der Waals surface area contributed by atoms with Crippen LogP contribution >= 0.6 is 23.5 Å². The summed E-state index contributed by atoms with van der Waals surface area (Å²) in [6, 6.07) is -0.970. The number of allylic oxidation sites excluding steroid dienone is 1. The maximum absolute atomic E-state index is 13.1. The molecule has 0 aromatic heterocycles. The number of carboxylic acid groups (broad SMARTS) is 2. The Balaban J connectivity index is 1.77. The van der Waals surface area contributed by atoms with E-state index in [9.17, 15) is 24.3 Å². The van der Waals surface area contributed by atoms with Gasteiger partial charge in [-0.05, 0) is 17.9 Å². The van der Waals surface area contributed by atoms with Gasteiger partial charge in [-0.25, -0.2) is 9.59 Å². The number of fused-ring (bicyclic) bond motifs is 1. The number of rotatable bonds is 9. The summed E-state index contributed by atoms with van der Waals surface area (Å²) in [5.41, 5.74) is 6.72. The van der Waals surface area contributed by atoms with Crippen molar-refractivity contribution in [1.82, 2.24) is 21.0 Å². The van der Waals surface area contributed by atoms with Crippen LogP contribution in [0.15, 0.2) is 35.0 Å². The van der Waals surface area contributed by atoms with Crippen LogP contribution in [0.2, 0.25) is 0 Å². The van der Waals surface area contributed by atoms with Gasteiger partial charge in [0.25, 0.3) is 5.91 Å². The lowest BCUT2D eigenvalue weighted by molar-refractivity contribution is -0.154. The summed E-state index contributed by atoms with van der Waals surface area (Å²) in [5.74, 6) is -3.43. The molecule has 31 heavy (non-hydrogen) atoms. The van der Waals surface area contributed by atoms with Gasteiger partial charge in [-0.3, -0.25) is 19.3 Å². The average Bonchev–Trinajstić information content (AvgIpc) is 3.16. The van der Waals surface area contributed by atoms with Gasteiger partial charge in [0.05, 0.1) is 5.70 Å². The molecule has 2 amide bonds. The predicted octanol–water partition coefficient (Wildman–Crippen LogP) is -1.30. The minimum atomic E-state index is -1.59. The highest BCUT2D eigenvalue weighted by Gasteiger charge is 2.55. The molecule has 0 aliphatic carbocycles. The first-order valence-electron chi connectivity index (χ1n) is 8.93. The first-order chi connectivity index (χ1) is 14.6. The lowest BCUT2D eigenvalue weighted by Crippen LogP contribution is -2.73. The van der Waals surface area contributed by atoms with Crippen molar-refractivity contribution in [3.05, 3.63) is 35.0 Å². The van der Waals surface area contributed by atoms with E-state index >= 15 is 0 Å². The minimum Gasteiger partial charge on any atom is -0.479 e. The summed E-state index contributed by atoms with van der Waals surface area (Å²) < 4.78 is 0. The Morgan fingerprint density at radius 3 is 2.74 bits per heavy atom. The number of nitrogens with two attached hydrogens (primary N) is 1. The van der Waals surface area contributed by atoms with Crippen LogP contribution < -0.4 is 21.8 Å². The second-order valence-corrected chi connectivity index (χ2v) is 9.01. The first kappa shape index (κ1) is 23.1. The summed E-state index contributed by atoms with van der Waals surface area (Å²) in [5, 5.41) is 24.8. The van der Waals surface area contributed by atoms with E-state index in [-0.39, 0.29) is 5.70 Å². The number of carboxylic acids is 2. The summed E-state index contributed by atoms with van der Waals surface area (Å²) in [4.78, 5) is 54.3. The standard InChI is InChI=1S/C17H21N5O7S2/c1-3-7-5-30-13-10(12(25)22(13)11(7)14(26)27)20-15(28)17(2,21-29-4-9(23)24)8-6-31-16(18)19-8/h3,6,10,13,16,19,21H,1,4-5,18H2,2H3,(H,20,28)(H,23,24)(H,26,27)/t10-,13-,16?,17?/m1/s1. The zero-order chi connectivity index (χ0) is 22.9. The first-order valence-corrected chi connectivity index (χ1v) is 10.9. The summed E-state index contributed by atoms with van der Waals surface area (Å²) >= 11 is 2.51. The summed E-state index contributed by atoms with van der Waals surface area (Å²) in [6.07, 6.45) is 1.39. The van der Waals surface area contributed by atoms with E-state index in [2.05, 4.69) is 22.7 Å². The molecule has 4 atom stereocenters. The topological polar surface area (TPSA) is 183 Å². The van der Waals surface area contributed by atoms with E-state index in [1.807, 2.05) is 0 Å². The molecule has 3 aliphatic heterocycles. The van der Waals surface area contributed by atoms with Crippen LogP contribution in [-0.4, -0.2) is 73.7 Å². The van der Waals surface area contributed by atoms with Crippen LogP contribution in [0, 0.1) is 0 Å². The molecule has 0 saturated carbocycles. The molecule has 168 valence electrons. The van der Waals surface area contributed by atoms with Crippen LogP contribution in [-0.2, 0) is 24.0 Å². The van der Waals surface area contributed by atoms with Gasteiger partial charge in [0.15, 0.2) is 12.1 Å². The third-order valence-electron chi connectivity index (χ3n) is 4.83. The quantitative estimate of drug-likeness (QED) is 0.173. The maximum Gasteiger partial charge on any atom is 0.352 e. The molecule has 7 N–H and O–H groups in total. The number of carbonyl (C=O) groups excluding carboxylic acids is 2. The third kappa shape index (κ3) is 4.29. The Labute approximate surface area is 185 Å². The van der Waals surface area contributed by atoms with E-state index in [0.29, 0.717) is 17.0 Å². The van der Waals surface area contributed by atoms with E-state index in [1.165, 1.54) is 36.5 Å². The van der Waals surface area contributed by atoms with Gasteiger partial charge in [-0.15, -0.1) is 11.8 Å². The molecule has 1 fully saturated rings. The normalized spacial score (nSPS) is 26.8. The van der Waals surface area contributed by atoms with Crippen molar-refractivity contribution < 1.29 is 34.2 Å². The van der Waals surface area contributed by atoms with E-state index in [4.69, 9.17) is 15.7 Å². The number of thioether (sulfide) groups is 2. The van der Waals surface area contributed by atoms with E-state index in [0.717, 1.165) is 4.90 Å². The zero-order valence-corrected chi connectivity index (χ0v) is 17.9. The monoisotopic (exact) mass is 471 g/mol. The predicted molar refractivity (Wildman–Crippen MR) is 112 cm³/mol. The number of carbonyl (C=O) groups is 4. The number of β-lactam (4-membered cyclic amide) rings is 1. The van der Waals surface area contributed by atoms with Crippen LogP contribution in [0.5, 0.6) is 0 Å². The molecule has 0 spiro atoms. The fourth-order valence-electron chi connectivity index (χ4n) is 3.18. The van der Waals surface area contributed by atoms with Gasteiger partial charge in [-0.2, -0.15) is 5.48 Å². The SMILES string of the molecule is C=CC1=C(C(=O)O)N2C(=O)[C@@H](NC(=O)C(C)(NOCC(=O)O)C3=CSC(N)N3)[C@H]2SC1. The molecule has 0 aromatic rings. The fourth-order valence-corrected chi connectivity index (χ4v) is 5.30. The van der Waals surface area contributed by atoms with Crippen molar-refractivity contribution in [3.8, 4) is 0 Å². The second-order valence-electron chi connectivity index (χ2n) is 6.89. The third-order valence-corrected chi connectivity index (χ3v) is 6.91. The van der Waals surface area contributed by atoms with Crippen molar-refractivity contribution in [2.45, 2.75) is 29.4 Å². The van der Waals surface area contributed by atoms with Crippen LogP contribution in [0.1, 0.15) is 6.92 Å². The number of nitrogens with zero attached hydrogens (tertiary/aromatic N) is 1. The molecular formula is C17H21N5O7S2. The molecule has 2 unspecified atom stereocenters. The Hall–Kier alpha value is -2.52. The van der Waals surface area contributed by atoms with Crippen molar-refractivity contribution in [1.29, 1.82) is 0 Å². The maximum atomic E-state index is 13.1. The highest BCUT2D eigenvalue weighted by Crippen LogP contribution is 2.40. The van der Waals surface area contributed by atoms with Crippen molar-refractivity contribution >= 4 is 47.3 Å². The lowest BCUT2D eigenvalue weighted by Gasteiger charge is -2.49. The molecular weight excluding hydrogens is 450 g/mol. The van der Waals surface area contributed by atoms with Crippen molar-refractivity contribution in [2.24, 2.45) is 5.73 Å². The zero-order valence-electron chi connectivity index (χ0n) is 16.3. The number of amides is 2. The van der Waals surface area contributed by atoms with Gasteiger partial charge in [0.1, 0.15) is 22.6 Å². The molecule has 14 heteroatoms. The number of hydrogen-bond donors (Lipinski definition) is 6. The largest absolute Gasteiger partial charge is 0.479 e. The Bertz CT molecular complexity index is 907. The molecule has 3 rings (SSSR count). The van der Waals surface area contributed by atoms with E-state index < -0.39 is 52.8 Å². The smallest absolute Gasteiger partial charge is 0.352 e. The van der Waals surface area contributed by atoms with Crippen molar-refractivity contribution in [2.75, 3.05) is 12.4 Å². The number of nitrogens with one attached hydrogen (secondary N) is 3. The lowest BCUT2D eigenvalue weighted by atomic mass is 9.96. The molecule has 0 bridgehead atoms. The Kier molecular flexibility index (Phi) is 6.66. The number of hydrogen-bond acceptors (Lipinski definition) is 10. The highest BCUT2D eigenvalue weighted by molar-refractivity contribution is 8.02. The average molecular weight is 472 g/mol. The molecule has 1 saturated heterocycles. The van der Waals surface area contributed by atoms with Crippen LogP contribution in [0.3, 0.4) is 0 Å². The van der Waals surface area contributed by atoms with Crippen LogP contribution in [0.4, 0.5) is 0 Å². The fraction of sp³-hybridized carbons (Fsp3) is 0.412. The molecule has 0 aromatic carbocycles. The number of aliphatic carboxylic acids is 2. The molecule has 12 nitrogen and oxygen atoms in total. The van der Waals surface area contributed by atoms with Crippen LogP contribution in [0.25, 0.3) is 0 Å². The van der Waals surface area contributed by atoms with Crippen molar-refractivity contribution in [3.63, 3.8) is 0 Å². The molecule has 3 heterocycles.